The second-order valence-electron chi connectivity index (χ2n) is 6.36. The SMILES string of the molecule is CCOC(=O)c1oc2ccccc2c1CN(C)CC(=O)Nc1cccc(F)c1. The fourth-order valence-electron chi connectivity index (χ4n) is 2.96. The van der Waals surface area contributed by atoms with Crippen molar-refractivity contribution in [2.75, 3.05) is 25.5 Å². The molecule has 0 radical (unpaired) electrons. The summed E-state index contributed by atoms with van der Waals surface area (Å²) in [6, 6.07) is 13.0. The van der Waals surface area contributed by atoms with Gasteiger partial charge in [0.25, 0.3) is 0 Å². The number of carbonyl (C=O) groups excluding carboxylic acids is 2. The molecule has 0 bridgehead atoms. The number of nitrogens with one attached hydrogen (secondary N) is 1. The molecule has 1 aromatic heterocycles. The van der Waals surface area contributed by atoms with Crippen LogP contribution in [0, 0.1) is 5.82 Å². The van der Waals surface area contributed by atoms with Gasteiger partial charge in [-0.05, 0) is 38.2 Å². The first-order valence-electron chi connectivity index (χ1n) is 8.89. The molecule has 0 aliphatic rings. The van der Waals surface area contributed by atoms with Gasteiger partial charge in [0.2, 0.25) is 11.7 Å². The smallest absolute Gasteiger partial charge is 0.374 e. The molecule has 2 aromatic carbocycles. The van der Waals surface area contributed by atoms with Crippen molar-refractivity contribution >= 4 is 28.5 Å². The van der Waals surface area contributed by atoms with Crippen LogP contribution in [-0.4, -0.2) is 37.0 Å². The lowest BCUT2D eigenvalue weighted by atomic mass is 10.1. The Hall–Kier alpha value is -3.19. The maximum absolute atomic E-state index is 13.2. The highest BCUT2D eigenvalue weighted by molar-refractivity contribution is 5.96. The van der Waals surface area contributed by atoms with Crippen molar-refractivity contribution in [2.45, 2.75) is 13.5 Å². The number of halogens is 1. The number of hydrogen-bond acceptors (Lipinski definition) is 5. The Kier molecular flexibility index (Phi) is 6.06. The van der Waals surface area contributed by atoms with Crippen LogP contribution in [-0.2, 0) is 16.1 Å². The zero-order chi connectivity index (χ0) is 20.1. The van der Waals surface area contributed by atoms with Gasteiger partial charge in [0.1, 0.15) is 11.4 Å². The first-order valence-corrected chi connectivity index (χ1v) is 8.89. The Bertz CT molecular complexity index is 999. The molecule has 0 atom stereocenters. The third kappa shape index (κ3) is 4.55. The van der Waals surface area contributed by atoms with E-state index < -0.39 is 11.8 Å². The number of esters is 1. The van der Waals surface area contributed by atoms with E-state index in [0.717, 1.165) is 5.39 Å². The number of amides is 1. The van der Waals surface area contributed by atoms with Gasteiger partial charge in [0.15, 0.2) is 0 Å². The number of ether oxygens (including phenoxy) is 1. The van der Waals surface area contributed by atoms with Crippen LogP contribution >= 0.6 is 0 Å². The molecule has 1 amide bonds. The molecular formula is C21H21FN2O4. The maximum atomic E-state index is 13.2. The van der Waals surface area contributed by atoms with Crippen LogP contribution in [0.5, 0.6) is 0 Å². The van der Waals surface area contributed by atoms with Gasteiger partial charge in [0, 0.05) is 23.2 Å². The number of fused-ring (bicyclic) bond motifs is 1. The molecule has 146 valence electrons. The Morgan fingerprint density at radius 2 is 1.96 bits per heavy atom. The standard InChI is InChI=1S/C21H21FN2O4/c1-3-27-21(26)20-17(16-9-4-5-10-18(16)28-20)12-24(2)13-19(25)23-15-8-6-7-14(22)11-15/h4-11H,3,12-13H2,1-2H3,(H,23,25). The number of hydrogen-bond donors (Lipinski definition) is 1. The van der Waals surface area contributed by atoms with Gasteiger partial charge in [0.05, 0.1) is 13.2 Å². The van der Waals surface area contributed by atoms with Crippen LogP contribution in [0.3, 0.4) is 0 Å². The van der Waals surface area contributed by atoms with Crippen LogP contribution in [0.2, 0.25) is 0 Å². The first-order chi connectivity index (χ1) is 13.5. The van der Waals surface area contributed by atoms with Crippen LogP contribution in [0.25, 0.3) is 11.0 Å². The topological polar surface area (TPSA) is 71.8 Å². The van der Waals surface area contributed by atoms with E-state index in [4.69, 9.17) is 9.15 Å². The first kappa shape index (κ1) is 19.6. The molecule has 0 spiro atoms. The van der Waals surface area contributed by atoms with E-state index in [1.807, 2.05) is 18.2 Å². The van der Waals surface area contributed by atoms with Crippen molar-refractivity contribution in [1.82, 2.24) is 4.90 Å². The summed E-state index contributed by atoms with van der Waals surface area (Å²) in [5, 5.41) is 3.45. The molecule has 0 aliphatic heterocycles. The lowest BCUT2D eigenvalue weighted by molar-refractivity contribution is -0.117. The monoisotopic (exact) mass is 384 g/mol. The molecule has 0 saturated carbocycles. The number of rotatable bonds is 7. The zero-order valence-corrected chi connectivity index (χ0v) is 15.7. The van der Waals surface area contributed by atoms with Crippen molar-refractivity contribution in [3.05, 3.63) is 65.7 Å². The predicted molar refractivity (Wildman–Crippen MR) is 104 cm³/mol. The Morgan fingerprint density at radius 1 is 1.18 bits per heavy atom. The van der Waals surface area contributed by atoms with Crippen molar-refractivity contribution < 1.29 is 23.1 Å². The summed E-state index contributed by atoms with van der Waals surface area (Å²) in [6.07, 6.45) is 0. The molecular weight excluding hydrogens is 363 g/mol. The van der Waals surface area contributed by atoms with Crippen LogP contribution in [0.1, 0.15) is 23.0 Å². The normalized spacial score (nSPS) is 11.0. The summed E-state index contributed by atoms with van der Waals surface area (Å²) >= 11 is 0. The van der Waals surface area contributed by atoms with E-state index in [-0.39, 0.29) is 24.8 Å². The van der Waals surface area contributed by atoms with Crippen LogP contribution in [0.15, 0.2) is 52.9 Å². The second kappa shape index (κ2) is 8.67. The Labute approximate surface area is 161 Å². The number of nitrogens with zero attached hydrogens (tertiary/aromatic N) is 1. The van der Waals surface area contributed by atoms with Gasteiger partial charge < -0.3 is 14.5 Å². The summed E-state index contributed by atoms with van der Waals surface area (Å²) < 4.78 is 24.0. The van der Waals surface area contributed by atoms with E-state index in [0.29, 0.717) is 23.4 Å². The van der Waals surface area contributed by atoms with Crippen molar-refractivity contribution in [3.8, 4) is 0 Å². The van der Waals surface area contributed by atoms with Gasteiger partial charge in [-0.25, -0.2) is 9.18 Å². The van der Waals surface area contributed by atoms with E-state index >= 15 is 0 Å². The fourth-order valence-corrected chi connectivity index (χ4v) is 2.96. The van der Waals surface area contributed by atoms with Gasteiger partial charge >= 0.3 is 5.97 Å². The Balaban J connectivity index is 1.75. The maximum Gasteiger partial charge on any atom is 0.374 e. The van der Waals surface area contributed by atoms with Crippen molar-refractivity contribution in [2.24, 2.45) is 0 Å². The number of para-hydroxylation sites is 1. The summed E-state index contributed by atoms with van der Waals surface area (Å²) in [4.78, 5) is 26.3. The average molecular weight is 384 g/mol. The molecule has 1 N–H and O–H groups in total. The quantitative estimate of drug-likeness (QED) is 0.627. The number of likely N-dealkylation sites (N-methyl/N-ethyl adjacent to an activating group) is 1. The highest BCUT2D eigenvalue weighted by Gasteiger charge is 2.23. The largest absolute Gasteiger partial charge is 0.460 e. The van der Waals surface area contributed by atoms with E-state index in [9.17, 15) is 14.0 Å². The van der Waals surface area contributed by atoms with Gasteiger partial charge in [-0.2, -0.15) is 0 Å². The minimum atomic E-state index is -0.536. The highest BCUT2D eigenvalue weighted by atomic mass is 19.1. The molecule has 0 unspecified atom stereocenters. The minimum absolute atomic E-state index is 0.0539. The molecule has 28 heavy (non-hydrogen) atoms. The molecule has 3 aromatic rings. The molecule has 0 fully saturated rings. The highest BCUT2D eigenvalue weighted by Crippen LogP contribution is 2.27. The predicted octanol–water partition coefficient (Wildman–Crippen LogP) is 3.82. The number of anilines is 1. The number of benzene rings is 2. The zero-order valence-electron chi connectivity index (χ0n) is 15.7. The van der Waals surface area contributed by atoms with E-state index in [1.54, 1.807) is 31.0 Å². The van der Waals surface area contributed by atoms with Crippen molar-refractivity contribution in [3.63, 3.8) is 0 Å². The molecule has 6 nitrogen and oxygen atoms in total. The minimum Gasteiger partial charge on any atom is -0.460 e. The van der Waals surface area contributed by atoms with Gasteiger partial charge in [-0.1, -0.05) is 24.3 Å². The van der Waals surface area contributed by atoms with E-state index in [2.05, 4.69) is 5.32 Å². The third-order valence-corrected chi connectivity index (χ3v) is 4.11. The number of carbonyl (C=O) groups is 2. The van der Waals surface area contributed by atoms with Crippen LogP contribution < -0.4 is 5.32 Å². The summed E-state index contributed by atoms with van der Waals surface area (Å²) in [6.45, 7) is 2.32. The number of furan rings is 1. The lowest BCUT2D eigenvalue weighted by Crippen LogP contribution is -2.30. The van der Waals surface area contributed by atoms with Crippen LogP contribution in [0.4, 0.5) is 10.1 Å². The van der Waals surface area contributed by atoms with Gasteiger partial charge in [-0.15, -0.1) is 0 Å². The summed E-state index contributed by atoms with van der Waals surface area (Å²) in [5.74, 6) is -1.11. The molecule has 7 heteroatoms. The fraction of sp³-hybridized carbons (Fsp3) is 0.238. The molecule has 0 aliphatic carbocycles. The average Bonchev–Trinajstić information content (AvgIpc) is 3.00. The molecule has 0 saturated heterocycles. The lowest BCUT2D eigenvalue weighted by Gasteiger charge is -2.16. The van der Waals surface area contributed by atoms with E-state index in [1.165, 1.54) is 18.2 Å². The van der Waals surface area contributed by atoms with Crippen molar-refractivity contribution in [1.29, 1.82) is 0 Å². The summed E-state index contributed by atoms with van der Waals surface area (Å²) in [5.41, 5.74) is 1.63. The Morgan fingerprint density at radius 3 is 2.71 bits per heavy atom. The molecule has 1 heterocycles. The third-order valence-electron chi connectivity index (χ3n) is 4.11. The second-order valence-corrected chi connectivity index (χ2v) is 6.36. The molecule has 3 rings (SSSR count). The van der Waals surface area contributed by atoms with Gasteiger partial charge in [-0.3, -0.25) is 9.69 Å². The summed E-state index contributed by atoms with van der Waals surface area (Å²) in [7, 11) is 1.75.